The molecule has 0 atom stereocenters. The van der Waals surface area contributed by atoms with Crippen LogP contribution in [0.5, 0.6) is 0 Å². The van der Waals surface area contributed by atoms with Crippen LogP contribution >= 0.6 is 27.3 Å². The van der Waals surface area contributed by atoms with E-state index in [1.807, 2.05) is 30.1 Å². The van der Waals surface area contributed by atoms with E-state index in [9.17, 15) is 4.79 Å². The average Bonchev–Trinajstić information content (AvgIpc) is 3.10. The van der Waals surface area contributed by atoms with Crippen LogP contribution in [0.4, 0.5) is 0 Å². The summed E-state index contributed by atoms with van der Waals surface area (Å²) in [5.41, 5.74) is 1.21. The van der Waals surface area contributed by atoms with E-state index in [-0.39, 0.29) is 5.91 Å². The van der Waals surface area contributed by atoms with Gasteiger partial charge in [-0.25, -0.2) is 0 Å². The maximum absolute atomic E-state index is 12.6. The number of carbonyl (C=O) groups is 1. The van der Waals surface area contributed by atoms with Crippen LogP contribution in [0.2, 0.25) is 0 Å². The van der Waals surface area contributed by atoms with Gasteiger partial charge in [0.05, 0.1) is 6.54 Å². The lowest BCUT2D eigenvalue weighted by Crippen LogP contribution is -2.50. The molecule has 25 heavy (non-hydrogen) atoms. The largest absolute Gasteiger partial charge is 0.339 e. The third kappa shape index (κ3) is 5.38. The first-order valence-electron chi connectivity index (χ1n) is 8.56. The molecule has 0 aliphatic carbocycles. The van der Waals surface area contributed by atoms with Crippen molar-refractivity contribution in [3.63, 3.8) is 0 Å². The molecule has 0 spiro atoms. The molecule has 6 heteroatoms. The van der Waals surface area contributed by atoms with E-state index in [0.29, 0.717) is 6.54 Å². The number of carbonyl (C=O) groups excluding carboxylic acids is 1. The number of rotatable bonds is 6. The molecule has 1 aliphatic heterocycles. The van der Waals surface area contributed by atoms with Gasteiger partial charge in [0.15, 0.2) is 0 Å². The standard InChI is InChI=1S/C19H24BrN3OS/c1-21(13-16-5-2-3-7-18(16)20)15-19(24)23-10-8-22(9-11-23)14-17-6-4-12-25-17/h2-7,12H,8-11,13-15H2,1H3. The Morgan fingerprint density at radius 1 is 1.16 bits per heavy atom. The molecule has 1 saturated heterocycles. The predicted molar refractivity (Wildman–Crippen MR) is 107 cm³/mol. The summed E-state index contributed by atoms with van der Waals surface area (Å²) in [7, 11) is 2.00. The van der Waals surface area contributed by atoms with Crippen molar-refractivity contribution in [1.29, 1.82) is 0 Å². The van der Waals surface area contributed by atoms with Gasteiger partial charge in [0.2, 0.25) is 5.91 Å². The molecule has 0 radical (unpaired) electrons. The molecule has 0 unspecified atom stereocenters. The van der Waals surface area contributed by atoms with Gasteiger partial charge in [-0.15, -0.1) is 11.3 Å². The molecule has 1 aliphatic rings. The average molecular weight is 422 g/mol. The second-order valence-electron chi connectivity index (χ2n) is 6.50. The molecule has 3 rings (SSSR count). The molecule has 134 valence electrons. The number of halogens is 1. The Bertz CT molecular complexity index is 684. The minimum absolute atomic E-state index is 0.227. The predicted octanol–water partition coefficient (Wildman–Crippen LogP) is 3.29. The lowest BCUT2D eigenvalue weighted by Gasteiger charge is -2.35. The second-order valence-corrected chi connectivity index (χ2v) is 8.39. The number of likely N-dealkylation sites (N-methyl/N-ethyl adjacent to an activating group) is 1. The van der Waals surface area contributed by atoms with Crippen LogP contribution in [-0.4, -0.2) is 60.4 Å². The number of thiophene rings is 1. The summed E-state index contributed by atoms with van der Waals surface area (Å²) in [5, 5.41) is 2.12. The fourth-order valence-corrected chi connectivity index (χ4v) is 4.24. The topological polar surface area (TPSA) is 26.8 Å². The molecule has 2 heterocycles. The van der Waals surface area contributed by atoms with Crippen molar-refractivity contribution in [2.75, 3.05) is 39.8 Å². The van der Waals surface area contributed by atoms with Crippen LogP contribution in [0.1, 0.15) is 10.4 Å². The highest BCUT2D eigenvalue weighted by Crippen LogP contribution is 2.17. The summed E-state index contributed by atoms with van der Waals surface area (Å²) in [6.07, 6.45) is 0. The minimum atomic E-state index is 0.227. The second kappa shape index (κ2) is 8.94. The fraction of sp³-hybridized carbons (Fsp3) is 0.421. The van der Waals surface area contributed by atoms with E-state index in [2.05, 4.69) is 49.3 Å². The Kier molecular flexibility index (Phi) is 6.64. The van der Waals surface area contributed by atoms with Gasteiger partial charge in [-0.1, -0.05) is 40.2 Å². The van der Waals surface area contributed by atoms with Crippen molar-refractivity contribution in [3.05, 3.63) is 56.7 Å². The number of hydrogen-bond donors (Lipinski definition) is 0. The van der Waals surface area contributed by atoms with Gasteiger partial charge in [-0.05, 0) is 30.1 Å². The number of nitrogens with zero attached hydrogens (tertiary/aromatic N) is 3. The van der Waals surface area contributed by atoms with E-state index < -0.39 is 0 Å². The molecule has 1 aromatic heterocycles. The van der Waals surface area contributed by atoms with E-state index in [0.717, 1.165) is 43.7 Å². The maximum Gasteiger partial charge on any atom is 0.236 e. The lowest BCUT2D eigenvalue weighted by molar-refractivity contribution is -0.134. The zero-order chi connectivity index (χ0) is 17.6. The van der Waals surface area contributed by atoms with Crippen molar-refractivity contribution in [3.8, 4) is 0 Å². The van der Waals surface area contributed by atoms with Crippen molar-refractivity contribution >= 4 is 33.2 Å². The van der Waals surface area contributed by atoms with E-state index >= 15 is 0 Å². The molecule has 0 N–H and O–H groups in total. The smallest absolute Gasteiger partial charge is 0.236 e. The van der Waals surface area contributed by atoms with Crippen LogP contribution in [0.25, 0.3) is 0 Å². The van der Waals surface area contributed by atoms with Crippen molar-refractivity contribution in [2.45, 2.75) is 13.1 Å². The summed E-state index contributed by atoms with van der Waals surface area (Å²) in [4.78, 5) is 20.5. The van der Waals surface area contributed by atoms with Crippen LogP contribution in [0.15, 0.2) is 46.3 Å². The van der Waals surface area contributed by atoms with E-state index in [4.69, 9.17) is 0 Å². The normalized spacial score (nSPS) is 15.7. The van der Waals surface area contributed by atoms with Crippen molar-refractivity contribution in [2.24, 2.45) is 0 Å². The molecule has 1 aromatic carbocycles. The third-order valence-corrected chi connectivity index (χ3v) is 6.12. The summed E-state index contributed by atoms with van der Waals surface area (Å²) >= 11 is 5.37. The summed E-state index contributed by atoms with van der Waals surface area (Å²) < 4.78 is 1.09. The van der Waals surface area contributed by atoms with Gasteiger partial charge in [-0.3, -0.25) is 14.6 Å². The van der Waals surface area contributed by atoms with Gasteiger partial charge in [-0.2, -0.15) is 0 Å². The third-order valence-electron chi connectivity index (χ3n) is 4.49. The van der Waals surface area contributed by atoms with Gasteiger partial charge in [0, 0.05) is 48.6 Å². The quantitative estimate of drug-likeness (QED) is 0.715. The minimum Gasteiger partial charge on any atom is -0.339 e. The zero-order valence-corrected chi connectivity index (χ0v) is 16.9. The SMILES string of the molecule is CN(CC(=O)N1CCN(Cc2cccs2)CC1)Cc1ccccc1Br. The highest BCUT2D eigenvalue weighted by atomic mass is 79.9. The molecule has 0 saturated carbocycles. The van der Waals surface area contributed by atoms with Crippen LogP contribution < -0.4 is 0 Å². The Balaban J connectivity index is 1.43. The monoisotopic (exact) mass is 421 g/mol. The molecule has 2 aromatic rings. The Labute approximate surface area is 162 Å². The molecule has 1 amide bonds. The van der Waals surface area contributed by atoms with Crippen LogP contribution in [-0.2, 0) is 17.9 Å². The molecular formula is C19H24BrN3OS. The highest BCUT2D eigenvalue weighted by molar-refractivity contribution is 9.10. The first kappa shape index (κ1) is 18.6. The fourth-order valence-electron chi connectivity index (χ4n) is 3.08. The summed E-state index contributed by atoms with van der Waals surface area (Å²) in [6.45, 7) is 5.80. The van der Waals surface area contributed by atoms with Gasteiger partial charge in [0.25, 0.3) is 0 Å². The number of piperazine rings is 1. The lowest BCUT2D eigenvalue weighted by atomic mass is 10.2. The Hall–Kier alpha value is -1.21. The van der Waals surface area contributed by atoms with Gasteiger partial charge < -0.3 is 4.90 Å². The zero-order valence-electron chi connectivity index (χ0n) is 14.5. The Morgan fingerprint density at radius 2 is 1.92 bits per heavy atom. The first-order chi connectivity index (χ1) is 12.1. The molecule has 4 nitrogen and oxygen atoms in total. The Morgan fingerprint density at radius 3 is 2.60 bits per heavy atom. The molecule has 1 fully saturated rings. The number of benzene rings is 1. The van der Waals surface area contributed by atoms with Gasteiger partial charge in [0.1, 0.15) is 0 Å². The highest BCUT2D eigenvalue weighted by Gasteiger charge is 2.22. The van der Waals surface area contributed by atoms with E-state index in [1.54, 1.807) is 11.3 Å². The molecule has 0 bridgehead atoms. The van der Waals surface area contributed by atoms with E-state index in [1.165, 1.54) is 10.4 Å². The summed E-state index contributed by atoms with van der Waals surface area (Å²) in [6, 6.07) is 12.4. The van der Waals surface area contributed by atoms with Crippen LogP contribution in [0, 0.1) is 0 Å². The van der Waals surface area contributed by atoms with Crippen LogP contribution in [0.3, 0.4) is 0 Å². The van der Waals surface area contributed by atoms with Gasteiger partial charge >= 0.3 is 0 Å². The first-order valence-corrected chi connectivity index (χ1v) is 10.2. The molecular weight excluding hydrogens is 398 g/mol. The van der Waals surface area contributed by atoms with Crippen molar-refractivity contribution in [1.82, 2.24) is 14.7 Å². The maximum atomic E-state index is 12.6. The summed E-state index contributed by atoms with van der Waals surface area (Å²) in [5.74, 6) is 0.227. The number of hydrogen-bond acceptors (Lipinski definition) is 4. The van der Waals surface area contributed by atoms with Crippen molar-refractivity contribution < 1.29 is 4.79 Å². The number of amides is 1.